The van der Waals surface area contributed by atoms with Crippen LogP contribution in [0.25, 0.3) is 0 Å². The maximum Gasteiger partial charge on any atom is 0.254 e. The summed E-state index contributed by atoms with van der Waals surface area (Å²) in [7, 11) is 0. The molecule has 1 saturated heterocycles. The number of hydrogen-bond acceptors (Lipinski definition) is 2. The molecule has 0 bridgehead atoms. The summed E-state index contributed by atoms with van der Waals surface area (Å²) >= 11 is 0. The zero-order valence-corrected chi connectivity index (χ0v) is 10.8. The SMILES string of the molecule is Cc1ccc(C(=O)N2CCC(C)C2CN)cc1F. The summed E-state index contributed by atoms with van der Waals surface area (Å²) in [4.78, 5) is 14.1. The molecule has 4 heteroatoms. The van der Waals surface area contributed by atoms with Crippen molar-refractivity contribution in [2.75, 3.05) is 13.1 Å². The monoisotopic (exact) mass is 250 g/mol. The third-order valence-corrected chi connectivity index (χ3v) is 3.80. The van der Waals surface area contributed by atoms with Crippen molar-refractivity contribution in [2.24, 2.45) is 11.7 Å². The topological polar surface area (TPSA) is 46.3 Å². The third kappa shape index (κ3) is 2.25. The highest BCUT2D eigenvalue weighted by molar-refractivity contribution is 5.94. The lowest BCUT2D eigenvalue weighted by Crippen LogP contribution is -2.42. The molecule has 2 atom stereocenters. The Hall–Kier alpha value is -1.42. The molecule has 1 fully saturated rings. The number of carbonyl (C=O) groups excluding carboxylic acids is 1. The second kappa shape index (κ2) is 5.06. The third-order valence-electron chi connectivity index (χ3n) is 3.80. The lowest BCUT2D eigenvalue weighted by Gasteiger charge is -2.25. The predicted octanol–water partition coefficient (Wildman–Crippen LogP) is 1.94. The van der Waals surface area contributed by atoms with Gasteiger partial charge in [0, 0.05) is 24.7 Å². The molecular formula is C14H19FN2O. The quantitative estimate of drug-likeness (QED) is 0.872. The maximum atomic E-state index is 13.5. The fraction of sp³-hybridized carbons (Fsp3) is 0.500. The molecule has 0 aromatic heterocycles. The summed E-state index contributed by atoms with van der Waals surface area (Å²) in [5.74, 6) is -0.0414. The highest BCUT2D eigenvalue weighted by atomic mass is 19.1. The Kier molecular flexibility index (Phi) is 3.66. The number of aryl methyl sites for hydroxylation is 1. The Morgan fingerprint density at radius 3 is 2.89 bits per heavy atom. The van der Waals surface area contributed by atoms with E-state index >= 15 is 0 Å². The van der Waals surface area contributed by atoms with Gasteiger partial charge < -0.3 is 10.6 Å². The van der Waals surface area contributed by atoms with Crippen LogP contribution < -0.4 is 5.73 Å². The fourth-order valence-electron chi connectivity index (χ4n) is 2.51. The van der Waals surface area contributed by atoms with Crippen molar-refractivity contribution in [1.29, 1.82) is 0 Å². The Balaban J connectivity index is 2.23. The first-order valence-electron chi connectivity index (χ1n) is 6.31. The minimum atomic E-state index is -0.336. The molecule has 0 spiro atoms. The van der Waals surface area contributed by atoms with Crippen molar-refractivity contribution in [1.82, 2.24) is 4.90 Å². The number of carbonyl (C=O) groups is 1. The Labute approximate surface area is 107 Å². The molecule has 1 heterocycles. The molecular weight excluding hydrogens is 231 g/mol. The molecule has 1 amide bonds. The summed E-state index contributed by atoms with van der Waals surface area (Å²) in [6.45, 7) is 4.95. The van der Waals surface area contributed by atoms with E-state index in [4.69, 9.17) is 5.73 Å². The lowest BCUT2D eigenvalue weighted by molar-refractivity contribution is 0.0727. The summed E-state index contributed by atoms with van der Waals surface area (Å²) in [6, 6.07) is 4.70. The van der Waals surface area contributed by atoms with Gasteiger partial charge in [-0.25, -0.2) is 4.39 Å². The number of halogens is 1. The zero-order valence-electron chi connectivity index (χ0n) is 10.8. The molecule has 2 unspecified atom stereocenters. The average molecular weight is 250 g/mol. The van der Waals surface area contributed by atoms with Crippen molar-refractivity contribution >= 4 is 5.91 Å². The number of nitrogens with zero attached hydrogens (tertiary/aromatic N) is 1. The first-order chi connectivity index (χ1) is 8.54. The molecule has 98 valence electrons. The van der Waals surface area contributed by atoms with E-state index in [1.165, 1.54) is 6.07 Å². The van der Waals surface area contributed by atoms with E-state index in [1.807, 2.05) is 0 Å². The van der Waals surface area contributed by atoms with Gasteiger partial charge in [0.05, 0.1) is 0 Å². The van der Waals surface area contributed by atoms with Crippen LogP contribution in [0.1, 0.15) is 29.3 Å². The van der Waals surface area contributed by atoms with Crippen LogP contribution in [-0.2, 0) is 0 Å². The molecule has 0 aliphatic carbocycles. The van der Waals surface area contributed by atoms with Crippen molar-refractivity contribution < 1.29 is 9.18 Å². The van der Waals surface area contributed by atoms with Gasteiger partial charge in [0.2, 0.25) is 0 Å². The fourth-order valence-corrected chi connectivity index (χ4v) is 2.51. The number of benzene rings is 1. The van der Waals surface area contributed by atoms with E-state index in [-0.39, 0.29) is 17.8 Å². The average Bonchev–Trinajstić information content (AvgIpc) is 2.73. The van der Waals surface area contributed by atoms with Gasteiger partial charge in [0.1, 0.15) is 5.82 Å². The van der Waals surface area contributed by atoms with E-state index < -0.39 is 0 Å². The minimum absolute atomic E-state index is 0.0712. The van der Waals surface area contributed by atoms with Crippen LogP contribution in [0.15, 0.2) is 18.2 Å². The molecule has 0 radical (unpaired) electrons. The van der Waals surface area contributed by atoms with Gasteiger partial charge in [-0.15, -0.1) is 0 Å². The van der Waals surface area contributed by atoms with Gasteiger partial charge >= 0.3 is 0 Å². The molecule has 18 heavy (non-hydrogen) atoms. The summed E-state index contributed by atoms with van der Waals surface area (Å²) < 4.78 is 13.5. The second-order valence-corrected chi connectivity index (χ2v) is 5.03. The maximum absolute atomic E-state index is 13.5. The molecule has 2 rings (SSSR count). The summed E-state index contributed by atoms with van der Waals surface area (Å²) in [5.41, 5.74) is 6.68. The summed E-state index contributed by atoms with van der Waals surface area (Å²) in [5, 5.41) is 0. The summed E-state index contributed by atoms with van der Waals surface area (Å²) in [6.07, 6.45) is 0.960. The highest BCUT2D eigenvalue weighted by Crippen LogP contribution is 2.25. The zero-order chi connectivity index (χ0) is 13.3. The Bertz CT molecular complexity index is 461. The molecule has 1 aliphatic rings. The second-order valence-electron chi connectivity index (χ2n) is 5.03. The van der Waals surface area contributed by atoms with Crippen LogP contribution in [0, 0.1) is 18.7 Å². The normalized spacial score (nSPS) is 23.4. The van der Waals surface area contributed by atoms with Gasteiger partial charge in [0.25, 0.3) is 5.91 Å². The number of nitrogens with two attached hydrogens (primary N) is 1. The van der Waals surface area contributed by atoms with E-state index in [0.717, 1.165) is 6.42 Å². The highest BCUT2D eigenvalue weighted by Gasteiger charge is 2.33. The lowest BCUT2D eigenvalue weighted by atomic mass is 10.0. The largest absolute Gasteiger partial charge is 0.334 e. The van der Waals surface area contributed by atoms with E-state index in [1.54, 1.807) is 24.0 Å². The molecule has 1 aromatic rings. The first-order valence-corrected chi connectivity index (χ1v) is 6.31. The van der Waals surface area contributed by atoms with Gasteiger partial charge in [-0.1, -0.05) is 13.0 Å². The molecule has 1 aromatic carbocycles. The predicted molar refractivity (Wildman–Crippen MR) is 68.8 cm³/mol. The molecule has 1 aliphatic heterocycles. The molecule has 0 saturated carbocycles. The van der Waals surface area contributed by atoms with Crippen LogP contribution in [0.4, 0.5) is 4.39 Å². The standard InChI is InChI=1S/C14H19FN2O/c1-9-3-4-11(7-12(9)15)14(18)17-6-5-10(2)13(17)8-16/h3-4,7,10,13H,5-6,8,16H2,1-2H3. The van der Waals surface area contributed by atoms with Gasteiger partial charge in [-0.2, -0.15) is 0 Å². The van der Waals surface area contributed by atoms with Crippen molar-refractivity contribution in [3.8, 4) is 0 Å². The number of likely N-dealkylation sites (tertiary alicyclic amines) is 1. The van der Waals surface area contributed by atoms with Crippen molar-refractivity contribution in [2.45, 2.75) is 26.3 Å². The molecule has 2 N–H and O–H groups in total. The van der Waals surface area contributed by atoms with Crippen LogP contribution in [0.3, 0.4) is 0 Å². The van der Waals surface area contributed by atoms with Crippen molar-refractivity contribution in [3.63, 3.8) is 0 Å². The van der Waals surface area contributed by atoms with E-state index in [9.17, 15) is 9.18 Å². The van der Waals surface area contributed by atoms with Gasteiger partial charge in [-0.05, 0) is 37.0 Å². The first kappa shape index (κ1) is 13.0. The van der Waals surface area contributed by atoms with Crippen LogP contribution >= 0.6 is 0 Å². The van der Waals surface area contributed by atoms with Crippen LogP contribution in [0.5, 0.6) is 0 Å². The molecule has 3 nitrogen and oxygen atoms in total. The number of amides is 1. The Morgan fingerprint density at radius 2 is 2.28 bits per heavy atom. The van der Waals surface area contributed by atoms with Crippen LogP contribution in [-0.4, -0.2) is 29.9 Å². The van der Waals surface area contributed by atoms with Gasteiger partial charge in [0.15, 0.2) is 0 Å². The van der Waals surface area contributed by atoms with Crippen LogP contribution in [0.2, 0.25) is 0 Å². The number of hydrogen-bond donors (Lipinski definition) is 1. The van der Waals surface area contributed by atoms with Crippen molar-refractivity contribution in [3.05, 3.63) is 35.1 Å². The minimum Gasteiger partial charge on any atom is -0.334 e. The smallest absolute Gasteiger partial charge is 0.254 e. The van der Waals surface area contributed by atoms with E-state index in [2.05, 4.69) is 6.92 Å². The van der Waals surface area contributed by atoms with Gasteiger partial charge in [-0.3, -0.25) is 4.79 Å². The van der Waals surface area contributed by atoms with E-state index in [0.29, 0.717) is 30.1 Å². The Morgan fingerprint density at radius 1 is 1.56 bits per heavy atom. The number of rotatable bonds is 2.